The van der Waals surface area contributed by atoms with Gasteiger partial charge in [-0.2, -0.15) is 0 Å². The molecule has 1 aromatic rings. The molecule has 0 saturated carbocycles. The molecule has 19 heavy (non-hydrogen) atoms. The van der Waals surface area contributed by atoms with Gasteiger partial charge in [0.2, 0.25) is 5.91 Å². The number of aliphatic hydroxyl groups excluding tert-OH is 1. The number of methoxy groups -OCH3 is 1. The average molecular weight is 264 g/mol. The van der Waals surface area contributed by atoms with Crippen molar-refractivity contribution in [2.75, 3.05) is 13.7 Å². The lowest BCUT2D eigenvalue weighted by atomic mass is 10.1. The highest BCUT2D eigenvalue weighted by molar-refractivity contribution is 5.82. The molecule has 1 heterocycles. The van der Waals surface area contributed by atoms with Crippen LogP contribution in [-0.4, -0.2) is 36.8 Å². The van der Waals surface area contributed by atoms with Crippen molar-refractivity contribution in [2.45, 2.75) is 31.7 Å². The first kappa shape index (κ1) is 14.0. The predicted molar refractivity (Wildman–Crippen MR) is 71.4 cm³/mol. The highest BCUT2D eigenvalue weighted by Gasteiger charge is 2.28. The van der Waals surface area contributed by atoms with Gasteiger partial charge in [-0.1, -0.05) is 24.3 Å². The summed E-state index contributed by atoms with van der Waals surface area (Å²) in [5.41, 5.74) is 1.89. The molecule has 1 aliphatic rings. The molecule has 2 rings (SSSR count). The summed E-state index contributed by atoms with van der Waals surface area (Å²) in [6.45, 7) is 1.26. The quantitative estimate of drug-likeness (QED) is 0.709. The highest BCUT2D eigenvalue weighted by Crippen LogP contribution is 2.10. The fourth-order valence-electron chi connectivity index (χ4n) is 2.16. The van der Waals surface area contributed by atoms with Crippen LogP contribution in [0.5, 0.6) is 0 Å². The van der Waals surface area contributed by atoms with Crippen molar-refractivity contribution in [1.82, 2.24) is 10.6 Å². The van der Waals surface area contributed by atoms with E-state index in [1.807, 2.05) is 24.3 Å². The molecule has 5 nitrogen and oxygen atoms in total. The SMILES string of the molecule is COC1CNC(C(=O)NCc2ccc(CO)cc2)C1. The van der Waals surface area contributed by atoms with Gasteiger partial charge in [-0.25, -0.2) is 0 Å². The first-order valence-electron chi connectivity index (χ1n) is 6.45. The normalized spacial score (nSPS) is 22.4. The van der Waals surface area contributed by atoms with Crippen LogP contribution in [0.4, 0.5) is 0 Å². The lowest BCUT2D eigenvalue weighted by Crippen LogP contribution is -2.39. The molecule has 104 valence electrons. The topological polar surface area (TPSA) is 70.6 Å². The second-order valence-corrected chi connectivity index (χ2v) is 4.75. The van der Waals surface area contributed by atoms with Gasteiger partial charge in [0.15, 0.2) is 0 Å². The number of nitrogens with one attached hydrogen (secondary N) is 2. The summed E-state index contributed by atoms with van der Waals surface area (Å²) in [6, 6.07) is 7.37. The van der Waals surface area contributed by atoms with E-state index in [-0.39, 0.29) is 24.7 Å². The zero-order valence-electron chi connectivity index (χ0n) is 11.1. The molecule has 2 atom stereocenters. The molecule has 0 spiro atoms. The van der Waals surface area contributed by atoms with Crippen molar-refractivity contribution in [3.8, 4) is 0 Å². The number of amides is 1. The summed E-state index contributed by atoms with van der Waals surface area (Å²) in [7, 11) is 1.66. The fraction of sp³-hybridized carbons (Fsp3) is 0.500. The van der Waals surface area contributed by atoms with Crippen LogP contribution in [0, 0.1) is 0 Å². The molecule has 1 saturated heterocycles. The van der Waals surface area contributed by atoms with Gasteiger partial charge in [0.1, 0.15) is 0 Å². The number of ether oxygens (including phenoxy) is 1. The van der Waals surface area contributed by atoms with Gasteiger partial charge in [0, 0.05) is 20.2 Å². The number of carbonyl (C=O) groups excluding carboxylic acids is 1. The molecule has 0 radical (unpaired) electrons. The molecule has 2 unspecified atom stereocenters. The smallest absolute Gasteiger partial charge is 0.237 e. The minimum atomic E-state index is -0.165. The Morgan fingerprint density at radius 3 is 2.68 bits per heavy atom. The van der Waals surface area contributed by atoms with Crippen molar-refractivity contribution in [2.24, 2.45) is 0 Å². The summed E-state index contributed by atoms with van der Waals surface area (Å²) in [4.78, 5) is 11.9. The molecule has 1 aromatic carbocycles. The van der Waals surface area contributed by atoms with E-state index in [0.717, 1.165) is 17.7 Å². The highest BCUT2D eigenvalue weighted by atomic mass is 16.5. The molecule has 5 heteroatoms. The Balaban J connectivity index is 1.80. The summed E-state index contributed by atoms with van der Waals surface area (Å²) in [5, 5.41) is 15.0. The molecule has 3 N–H and O–H groups in total. The van der Waals surface area contributed by atoms with Gasteiger partial charge < -0.3 is 20.5 Å². The van der Waals surface area contributed by atoms with Crippen LogP contribution in [0.15, 0.2) is 24.3 Å². The van der Waals surface area contributed by atoms with Crippen LogP contribution in [0.3, 0.4) is 0 Å². The molecule has 0 aliphatic carbocycles. The van der Waals surface area contributed by atoms with Crippen LogP contribution < -0.4 is 10.6 Å². The molecule has 0 aromatic heterocycles. The first-order valence-corrected chi connectivity index (χ1v) is 6.45. The van der Waals surface area contributed by atoms with Crippen LogP contribution in [0.25, 0.3) is 0 Å². The minimum Gasteiger partial charge on any atom is -0.392 e. The maximum atomic E-state index is 11.9. The fourth-order valence-corrected chi connectivity index (χ4v) is 2.16. The van der Waals surface area contributed by atoms with E-state index in [2.05, 4.69) is 10.6 Å². The zero-order chi connectivity index (χ0) is 13.7. The molecule has 0 bridgehead atoms. The number of hydrogen-bond acceptors (Lipinski definition) is 4. The Hall–Kier alpha value is -1.43. The van der Waals surface area contributed by atoms with Gasteiger partial charge in [0.25, 0.3) is 0 Å². The Labute approximate surface area is 113 Å². The summed E-state index contributed by atoms with van der Waals surface area (Å²) < 4.78 is 5.21. The van der Waals surface area contributed by atoms with Crippen molar-refractivity contribution >= 4 is 5.91 Å². The second kappa shape index (κ2) is 6.65. The van der Waals surface area contributed by atoms with Crippen LogP contribution in [-0.2, 0) is 22.7 Å². The summed E-state index contributed by atoms with van der Waals surface area (Å²) in [6.07, 6.45) is 0.839. The number of carbonyl (C=O) groups is 1. The lowest BCUT2D eigenvalue weighted by molar-refractivity contribution is -0.123. The van der Waals surface area contributed by atoms with Crippen molar-refractivity contribution in [3.63, 3.8) is 0 Å². The van der Waals surface area contributed by atoms with Crippen LogP contribution in [0.1, 0.15) is 17.5 Å². The lowest BCUT2D eigenvalue weighted by Gasteiger charge is -2.11. The Kier molecular flexibility index (Phi) is 4.90. The van der Waals surface area contributed by atoms with Crippen molar-refractivity contribution in [1.29, 1.82) is 0 Å². The third-order valence-corrected chi connectivity index (χ3v) is 3.41. The number of benzene rings is 1. The zero-order valence-corrected chi connectivity index (χ0v) is 11.1. The molecule has 1 aliphatic heterocycles. The Bertz CT molecular complexity index is 419. The van der Waals surface area contributed by atoms with Gasteiger partial charge in [-0.3, -0.25) is 4.79 Å². The molecular formula is C14H20N2O3. The van der Waals surface area contributed by atoms with E-state index in [1.165, 1.54) is 0 Å². The number of hydrogen-bond donors (Lipinski definition) is 3. The van der Waals surface area contributed by atoms with Crippen molar-refractivity contribution < 1.29 is 14.6 Å². The molecule has 1 fully saturated rings. The minimum absolute atomic E-state index is 0.00536. The van der Waals surface area contributed by atoms with Crippen molar-refractivity contribution in [3.05, 3.63) is 35.4 Å². The van der Waals surface area contributed by atoms with E-state index in [9.17, 15) is 4.79 Å². The van der Waals surface area contributed by atoms with Gasteiger partial charge in [0.05, 0.1) is 18.8 Å². The van der Waals surface area contributed by atoms with E-state index < -0.39 is 0 Å². The summed E-state index contributed by atoms with van der Waals surface area (Å²) in [5.74, 6) is 0.00536. The van der Waals surface area contributed by atoms with Crippen LogP contribution >= 0.6 is 0 Å². The predicted octanol–water partition coefficient (Wildman–Crippen LogP) is 0.172. The Morgan fingerprint density at radius 2 is 2.11 bits per heavy atom. The van der Waals surface area contributed by atoms with E-state index in [4.69, 9.17) is 9.84 Å². The van der Waals surface area contributed by atoms with Gasteiger partial charge >= 0.3 is 0 Å². The van der Waals surface area contributed by atoms with Gasteiger partial charge in [-0.15, -0.1) is 0 Å². The summed E-state index contributed by atoms with van der Waals surface area (Å²) >= 11 is 0. The van der Waals surface area contributed by atoms with E-state index in [0.29, 0.717) is 13.0 Å². The standard InChI is InChI=1S/C14H20N2O3/c1-19-12-6-13(15-8-12)14(18)16-7-10-2-4-11(9-17)5-3-10/h2-5,12-13,15,17H,6-9H2,1H3,(H,16,18). The number of rotatable bonds is 5. The second-order valence-electron chi connectivity index (χ2n) is 4.75. The average Bonchev–Trinajstić information content (AvgIpc) is 2.94. The van der Waals surface area contributed by atoms with Gasteiger partial charge in [-0.05, 0) is 17.5 Å². The Morgan fingerprint density at radius 1 is 1.42 bits per heavy atom. The van der Waals surface area contributed by atoms with Crippen LogP contribution in [0.2, 0.25) is 0 Å². The van der Waals surface area contributed by atoms with E-state index in [1.54, 1.807) is 7.11 Å². The molecular weight excluding hydrogens is 244 g/mol. The first-order chi connectivity index (χ1) is 9.22. The maximum absolute atomic E-state index is 11.9. The largest absolute Gasteiger partial charge is 0.392 e. The number of aliphatic hydroxyl groups is 1. The monoisotopic (exact) mass is 264 g/mol. The maximum Gasteiger partial charge on any atom is 0.237 e. The third-order valence-electron chi connectivity index (χ3n) is 3.41. The third kappa shape index (κ3) is 3.76. The van der Waals surface area contributed by atoms with E-state index >= 15 is 0 Å². The molecule has 1 amide bonds.